The summed E-state index contributed by atoms with van der Waals surface area (Å²) in [4.78, 5) is 20.4. The number of alkyl halides is 3. The quantitative estimate of drug-likeness (QED) is 0.604. The predicted octanol–water partition coefficient (Wildman–Crippen LogP) is 4.64. The van der Waals surface area contributed by atoms with E-state index in [0.29, 0.717) is 17.7 Å². The largest absolute Gasteiger partial charge is 0.419 e. The molecule has 0 saturated heterocycles. The van der Waals surface area contributed by atoms with Gasteiger partial charge in [0, 0.05) is 24.6 Å². The highest BCUT2D eigenvalue weighted by atomic mass is 19.4. The van der Waals surface area contributed by atoms with Gasteiger partial charge in [-0.15, -0.1) is 0 Å². The Labute approximate surface area is 161 Å². The molecule has 10 heteroatoms. The van der Waals surface area contributed by atoms with E-state index in [2.05, 4.69) is 20.6 Å². The monoisotopic (exact) mass is 408 g/mol. The van der Waals surface area contributed by atoms with Crippen LogP contribution in [0.2, 0.25) is 0 Å². The van der Waals surface area contributed by atoms with E-state index < -0.39 is 29.3 Å². The number of anilines is 2. The Morgan fingerprint density at radius 1 is 0.966 bits per heavy atom. The second kappa shape index (κ2) is 8.21. The first-order valence-electron chi connectivity index (χ1n) is 8.21. The molecule has 1 amide bonds. The van der Waals surface area contributed by atoms with Gasteiger partial charge in [0.25, 0.3) is 5.91 Å². The van der Waals surface area contributed by atoms with Gasteiger partial charge in [-0.1, -0.05) is 12.1 Å². The lowest BCUT2D eigenvalue weighted by atomic mass is 10.1. The summed E-state index contributed by atoms with van der Waals surface area (Å²) in [7, 11) is 0. The van der Waals surface area contributed by atoms with Gasteiger partial charge in [-0.25, -0.2) is 18.7 Å². The van der Waals surface area contributed by atoms with E-state index in [1.54, 1.807) is 0 Å². The van der Waals surface area contributed by atoms with Gasteiger partial charge in [-0.3, -0.25) is 4.79 Å². The summed E-state index contributed by atoms with van der Waals surface area (Å²) in [6.45, 7) is 0.202. The topological polar surface area (TPSA) is 66.9 Å². The number of nitrogens with zero attached hydrogens (tertiary/aromatic N) is 2. The van der Waals surface area contributed by atoms with Gasteiger partial charge in [0.2, 0.25) is 0 Å². The molecule has 5 nitrogen and oxygen atoms in total. The van der Waals surface area contributed by atoms with E-state index >= 15 is 0 Å². The first-order valence-corrected chi connectivity index (χ1v) is 8.21. The average molecular weight is 408 g/mol. The molecule has 2 N–H and O–H groups in total. The summed E-state index contributed by atoms with van der Waals surface area (Å²) in [6, 6.07) is 7.73. The minimum atomic E-state index is -4.90. The Balaban J connectivity index is 1.77. The first-order chi connectivity index (χ1) is 13.7. The van der Waals surface area contributed by atoms with Crippen molar-refractivity contribution in [3.05, 3.63) is 83.3 Å². The molecule has 29 heavy (non-hydrogen) atoms. The van der Waals surface area contributed by atoms with Gasteiger partial charge < -0.3 is 10.6 Å². The van der Waals surface area contributed by atoms with Gasteiger partial charge in [-0.05, 0) is 35.9 Å². The van der Waals surface area contributed by atoms with Crippen molar-refractivity contribution in [2.75, 3.05) is 10.6 Å². The zero-order valence-corrected chi connectivity index (χ0v) is 14.6. The highest BCUT2D eigenvalue weighted by Crippen LogP contribution is 2.33. The lowest BCUT2D eigenvalue weighted by Crippen LogP contribution is -2.18. The lowest BCUT2D eigenvalue weighted by Gasteiger charge is -2.12. The zero-order chi connectivity index (χ0) is 21.0. The van der Waals surface area contributed by atoms with Crippen LogP contribution >= 0.6 is 0 Å². The normalized spacial score (nSPS) is 11.2. The van der Waals surface area contributed by atoms with Gasteiger partial charge in [0.15, 0.2) is 11.5 Å². The van der Waals surface area contributed by atoms with E-state index in [1.165, 1.54) is 36.7 Å². The minimum Gasteiger partial charge on any atom is -0.364 e. The second-order valence-electron chi connectivity index (χ2n) is 5.88. The van der Waals surface area contributed by atoms with Crippen LogP contribution in [0.5, 0.6) is 0 Å². The molecule has 3 rings (SSSR count). The smallest absolute Gasteiger partial charge is 0.364 e. The lowest BCUT2D eigenvalue weighted by molar-refractivity contribution is -0.139. The van der Waals surface area contributed by atoms with Crippen LogP contribution < -0.4 is 10.6 Å². The summed E-state index contributed by atoms with van der Waals surface area (Å²) in [6.07, 6.45) is -2.34. The maximum atomic E-state index is 13.4. The molecule has 3 aromatic rings. The molecule has 150 valence electrons. The molecule has 0 bridgehead atoms. The molecule has 0 atom stereocenters. The highest BCUT2D eigenvalue weighted by molar-refractivity contribution is 6.05. The maximum absolute atomic E-state index is 13.4. The summed E-state index contributed by atoms with van der Waals surface area (Å²) < 4.78 is 64.8. The van der Waals surface area contributed by atoms with Crippen molar-refractivity contribution in [3.8, 4) is 0 Å². The van der Waals surface area contributed by atoms with Crippen molar-refractivity contribution in [3.63, 3.8) is 0 Å². The van der Waals surface area contributed by atoms with E-state index in [9.17, 15) is 26.7 Å². The summed E-state index contributed by atoms with van der Waals surface area (Å²) in [5.41, 5.74) is -1.22. The fraction of sp³-hybridized carbons (Fsp3) is 0.105. The molecule has 1 aromatic heterocycles. The van der Waals surface area contributed by atoms with E-state index in [1.807, 2.05) is 0 Å². The van der Waals surface area contributed by atoms with Crippen LogP contribution in [0.1, 0.15) is 21.6 Å². The highest BCUT2D eigenvalue weighted by Gasteiger charge is 2.34. The molecule has 2 aromatic carbocycles. The predicted molar refractivity (Wildman–Crippen MR) is 95.1 cm³/mol. The number of rotatable bonds is 5. The molecule has 0 saturated carbocycles. The zero-order valence-electron chi connectivity index (χ0n) is 14.6. The molecular formula is C19H13F5N4O. The Bertz CT molecular complexity index is 1020. The molecule has 0 unspecified atom stereocenters. The molecule has 0 fully saturated rings. The van der Waals surface area contributed by atoms with Crippen LogP contribution in [0.3, 0.4) is 0 Å². The number of carbonyl (C=O) groups excluding carboxylic acids is 1. The van der Waals surface area contributed by atoms with Gasteiger partial charge in [0.05, 0.1) is 5.56 Å². The number of hydrogen-bond acceptors (Lipinski definition) is 4. The standard InChI is InChI=1S/C19H13F5N4O/c20-12-3-1-11(2-4-12)10-27-17-16(25-7-8-26-17)18(29)28-13-5-6-15(21)14(9-13)19(22,23)24/h1-9H,10H2,(H,26,27)(H,28,29). The Hall–Kier alpha value is -3.56. The van der Waals surface area contributed by atoms with E-state index in [-0.39, 0.29) is 23.7 Å². The molecule has 0 aliphatic heterocycles. The fourth-order valence-corrected chi connectivity index (χ4v) is 2.43. The maximum Gasteiger partial charge on any atom is 0.419 e. The molecule has 0 aliphatic rings. The van der Waals surface area contributed by atoms with Gasteiger partial charge in [0.1, 0.15) is 11.6 Å². The molecule has 1 heterocycles. The number of halogens is 5. The molecule has 0 radical (unpaired) electrons. The third-order valence-electron chi connectivity index (χ3n) is 3.82. The second-order valence-corrected chi connectivity index (χ2v) is 5.88. The van der Waals surface area contributed by atoms with Crippen LogP contribution in [0.25, 0.3) is 0 Å². The third-order valence-corrected chi connectivity index (χ3v) is 3.82. The number of carbonyl (C=O) groups is 1. The molecule has 0 aliphatic carbocycles. The molecular weight excluding hydrogens is 395 g/mol. The number of aromatic nitrogens is 2. The van der Waals surface area contributed by atoms with Crippen molar-refractivity contribution in [1.29, 1.82) is 0 Å². The van der Waals surface area contributed by atoms with E-state index in [4.69, 9.17) is 0 Å². The summed E-state index contributed by atoms with van der Waals surface area (Å²) in [5, 5.41) is 5.11. The van der Waals surface area contributed by atoms with Crippen LogP contribution in [0.15, 0.2) is 54.9 Å². The van der Waals surface area contributed by atoms with E-state index in [0.717, 1.165) is 6.07 Å². The first kappa shape index (κ1) is 20.2. The van der Waals surface area contributed by atoms with Crippen LogP contribution in [-0.4, -0.2) is 15.9 Å². The van der Waals surface area contributed by atoms with Crippen molar-refractivity contribution in [2.45, 2.75) is 12.7 Å². The van der Waals surface area contributed by atoms with Crippen molar-refractivity contribution in [2.24, 2.45) is 0 Å². The summed E-state index contributed by atoms with van der Waals surface area (Å²) >= 11 is 0. The average Bonchev–Trinajstić information content (AvgIpc) is 2.68. The Morgan fingerprint density at radius 2 is 1.66 bits per heavy atom. The van der Waals surface area contributed by atoms with Crippen molar-refractivity contribution >= 4 is 17.4 Å². The number of nitrogens with one attached hydrogen (secondary N) is 2. The van der Waals surface area contributed by atoms with Crippen molar-refractivity contribution < 1.29 is 26.7 Å². The molecule has 0 spiro atoms. The summed E-state index contributed by atoms with van der Waals surface area (Å²) in [5.74, 6) is -2.60. The van der Waals surface area contributed by atoms with Crippen LogP contribution in [0.4, 0.5) is 33.5 Å². The van der Waals surface area contributed by atoms with Crippen LogP contribution in [0, 0.1) is 11.6 Å². The third kappa shape index (κ3) is 5.03. The number of benzene rings is 2. The van der Waals surface area contributed by atoms with Crippen molar-refractivity contribution in [1.82, 2.24) is 9.97 Å². The van der Waals surface area contributed by atoms with Crippen LogP contribution in [-0.2, 0) is 12.7 Å². The minimum absolute atomic E-state index is 0.0764. The van der Waals surface area contributed by atoms with Gasteiger partial charge in [-0.2, -0.15) is 13.2 Å². The Morgan fingerprint density at radius 3 is 2.34 bits per heavy atom. The SMILES string of the molecule is O=C(Nc1ccc(F)c(C(F)(F)F)c1)c1nccnc1NCc1ccc(F)cc1. The number of hydrogen-bond donors (Lipinski definition) is 2. The Kier molecular flexibility index (Phi) is 5.71. The number of amides is 1. The van der Waals surface area contributed by atoms with Gasteiger partial charge >= 0.3 is 6.18 Å². The fourth-order valence-electron chi connectivity index (χ4n) is 2.43.